The Morgan fingerprint density at radius 2 is 1.74 bits per heavy atom. The molecule has 2 aliphatic rings. The van der Waals surface area contributed by atoms with Crippen molar-refractivity contribution in [2.75, 3.05) is 10.7 Å². The first kappa shape index (κ1) is 12.7. The molecule has 0 aromatic carbocycles. The summed E-state index contributed by atoms with van der Waals surface area (Å²) < 4.78 is 0. The number of aromatic nitrogens is 2. The lowest BCUT2D eigenvalue weighted by Crippen LogP contribution is -2.34. The van der Waals surface area contributed by atoms with Gasteiger partial charge in [-0.15, -0.1) is 0 Å². The number of nitrogens with one attached hydrogen (secondary N) is 2. The van der Waals surface area contributed by atoms with Crippen LogP contribution in [0.15, 0.2) is 0 Å². The van der Waals surface area contributed by atoms with Crippen molar-refractivity contribution >= 4 is 11.6 Å². The summed E-state index contributed by atoms with van der Waals surface area (Å²) in [4.78, 5) is 9.24. The summed E-state index contributed by atoms with van der Waals surface area (Å²) in [5, 5.41) is 3.60. The van der Waals surface area contributed by atoms with E-state index in [1.807, 2.05) is 6.92 Å². The molecule has 104 valence electrons. The van der Waals surface area contributed by atoms with E-state index in [9.17, 15) is 0 Å². The van der Waals surface area contributed by atoms with Crippen LogP contribution in [0.5, 0.6) is 0 Å². The number of hydrogen-bond donors (Lipinski definition) is 3. The van der Waals surface area contributed by atoms with E-state index < -0.39 is 0 Å². The first-order chi connectivity index (χ1) is 9.01. The highest BCUT2D eigenvalue weighted by molar-refractivity contribution is 5.58. The highest BCUT2D eigenvalue weighted by Crippen LogP contribution is 2.43. The second-order valence-corrected chi connectivity index (χ2v) is 6.44. The number of nitrogens with two attached hydrogens (primary N) is 1. The third-order valence-electron chi connectivity index (χ3n) is 4.28. The summed E-state index contributed by atoms with van der Waals surface area (Å²) in [5.41, 5.74) is 3.79. The highest BCUT2D eigenvalue weighted by Gasteiger charge is 2.38. The van der Waals surface area contributed by atoms with Gasteiger partial charge in [-0.2, -0.15) is 0 Å². The van der Waals surface area contributed by atoms with Gasteiger partial charge in [0.2, 0.25) is 0 Å². The molecule has 2 saturated carbocycles. The zero-order valence-corrected chi connectivity index (χ0v) is 12.0. The summed E-state index contributed by atoms with van der Waals surface area (Å²) in [6.07, 6.45) is 5.00. The van der Waals surface area contributed by atoms with E-state index in [4.69, 9.17) is 10.8 Å². The molecule has 19 heavy (non-hydrogen) atoms. The van der Waals surface area contributed by atoms with Crippen molar-refractivity contribution in [2.45, 2.75) is 57.9 Å². The molecule has 1 aromatic heterocycles. The molecule has 5 heteroatoms. The van der Waals surface area contributed by atoms with E-state index >= 15 is 0 Å². The summed E-state index contributed by atoms with van der Waals surface area (Å²) in [6, 6.07) is 0. The molecule has 5 nitrogen and oxygen atoms in total. The molecule has 0 atom stereocenters. The Morgan fingerprint density at radius 1 is 1.11 bits per heavy atom. The van der Waals surface area contributed by atoms with Gasteiger partial charge in [-0.05, 0) is 52.4 Å². The normalized spacial score (nSPS) is 19.4. The van der Waals surface area contributed by atoms with Crippen LogP contribution in [0.4, 0.5) is 11.6 Å². The Labute approximate surface area is 114 Å². The maximum Gasteiger partial charge on any atom is 0.148 e. The zero-order valence-electron chi connectivity index (χ0n) is 12.0. The van der Waals surface area contributed by atoms with Gasteiger partial charge in [0.05, 0.1) is 0 Å². The van der Waals surface area contributed by atoms with E-state index in [2.05, 4.69) is 29.6 Å². The number of anilines is 2. The minimum atomic E-state index is 0.0891. The van der Waals surface area contributed by atoms with Gasteiger partial charge in [-0.1, -0.05) is 0 Å². The Morgan fingerprint density at radius 3 is 2.26 bits per heavy atom. The van der Waals surface area contributed by atoms with Crippen molar-refractivity contribution in [3.63, 3.8) is 0 Å². The minimum Gasteiger partial charge on any atom is -0.365 e. The predicted octanol–water partition coefficient (Wildman–Crippen LogP) is 2.55. The minimum absolute atomic E-state index is 0.0891. The molecule has 0 saturated heterocycles. The molecular formula is C14H23N5. The average Bonchev–Trinajstić information content (AvgIpc) is 3.21. The van der Waals surface area contributed by atoms with Gasteiger partial charge < -0.3 is 10.7 Å². The fraction of sp³-hybridized carbons (Fsp3) is 0.714. The summed E-state index contributed by atoms with van der Waals surface area (Å²) in [6.45, 7) is 6.51. The Kier molecular flexibility index (Phi) is 2.89. The molecule has 0 aliphatic heterocycles. The average molecular weight is 261 g/mol. The van der Waals surface area contributed by atoms with E-state index in [0.717, 1.165) is 28.9 Å². The third-order valence-corrected chi connectivity index (χ3v) is 4.28. The Hall–Kier alpha value is -1.36. The van der Waals surface area contributed by atoms with Crippen molar-refractivity contribution < 1.29 is 0 Å². The second kappa shape index (κ2) is 4.34. The number of hydrazine groups is 1. The quantitative estimate of drug-likeness (QED) is 0.561. The standard InChI is InChI=1S/C14H23N5/c1-8-11(18-14(2,3)10-6-7-10)16-13(9-4-5-9)17-12(8)19-15/h9-10H,4-7,15H2,1-3H3,(H2,16,17,18,19). The van der Waals surface area contributed by atoms with Gasteiger partial charge in [0, 0.05) is 17.0 Å². The molecule has 0 unspecified atom stereocenters. The van der Waals surface area contributed by atoms with Crippen LogP contribution in [0.2, 0.25) is 0 Å². The zero-order chi connectivity index (χ0) is 13.6. The van der Waals surface area contributed by atoms with E-state index in [-0.39, 0.29) is 5.54 Å². The maximum atomic E-state index is 5.58. The van der Waals surface area contributed by atoms with Gasteiger partial charge in [-0.3, -0.25) is 0 Å². The lowest BCUT2D eigenvalue weighted by molar-refractivity contribution is 0.491. The number of rotatable bonds is 5. The fourth-order valence-electron chi connectivity index (χ4n) is 2.53. The van der Waals surface area contributed by atoms with Crippen molar-refractivity contribution in [1.82, 2.24) is 9.97 Å². The molecule has 0 spiro atoms. The molecule has 1 heterocycles. The molecule has 0 amide bonds. The maximum absolute atomic E-state index is 5.58. The van der Waals surface area contributed by atoms with Crippen LogP contribution in [0.1, 0.15) is 56.8 Å². The van der Waals surface area contributed by atoms with E-state index in [0.29, 0.717) is 5.92 Å². The van der Waals surface area contributed by atoms with Gasteiger partial charge in [-0.25, -0.2) is 15.8 Å². The van der Waals surface area contributed by atoms with Crippen LogP contribution in [0, 0.1) is 12.8 Å². The predicted molar refractivity (Wildman–Crippen MR) is 77.0 cm³/mol. The van der Waals surface area contributed by atoms with Crippen molar-refractivity contribution in [3.05, 3.63) is 11.4 Å². The molecule has 0 radical (unpaired) electrons. The number of nitrogen functional groups attached to an aromatic ring is 1. The van der Waals surface area contributed by atoms with Gasteiger partial charge in [0.25, 0.3) is 0 Å². The number of hydrogen-bond acceptors (Lipinski definition) is 5. The van der Waals surface area contributed by atoms with Crippen LogP contribution in [0.25, 0.3) is 0 Å². The Bertz CT molecular complexity index is 489. The smallest absolute Gasteiger partial charge is 0.148 e. The summed E-state index contributed by atoms with van der Waals surface area (Å²) in [7, 11) is 0. The molecule has 1 aromatic rings. The third kappa shape index (κ3) is 2.52. The van der Waals surface area contributed by atoms with Crippen molar-refractivity contribution in [3.8, 4) is 0 Å². The first-order valence-corrected chi connectivity index (χ1v) is 7.14. The van der Waals surface area contributed by atoms with Crippen LogP contribution in [0.3, 0.4) is 0 Å². The molecule has 3 rings (SSSR count). The SMILES string of the molecule is Cc1c(NN)nc(C2CC2)nc1NC(C)(C)C1CC1. The lowest BCUT2D eigenvalue weighted by atomic mass is 9.98. The van der Waals surface area contributed by atoms with E-state index in [1.54, 1.807) is 0 Å². The first-order valence-electron chi connectivity index (χ1n) is 7.14. The highest BCUT2D eigenvalue weighted by atomic mass is 15.3. The largest absolute Gasteiger partial charge is 0.365 e. The summed E-state index contributed by atoms with van der Waals surface area (Å²) in [5.74, 6) is 9.45. The molecule has 2 aliphatic carbocycles. The number of nitrogens with zero attached hydrogens (tertiary/aromatic N) is 2. The van der Waals surface area contributed by atoms with Gasteiger partial charge in [0.15, 0.2) is 0 Å². The fourth-order valence-corrected chi connectivity index (χ4v) is 2.53. The van der Waals surface area contributed by atoms with Gasteiger partial charge in [0.1, 0.15) is 17.5 Å². The second-order valence-electron chi connectivity index (χ2n) is 6.44. The van der Waals surface area contributed by atoms with Gasteiger partial charge >= 0.3 is 0 Å². The van der Waals surface area contributed by atoms with Crippen LogP contribution < -0.4 is 16.6 Å². The van der Waals surface area contributed by atoms with Crippen molar-refractivity contribution in [2.24, 2.45) is 11.8 Å². The molecule has 2 fully saturated rings. The molecular weight excluding hydrogens is 238 g/mol. The van der Waals surface area contributed by atoms with Crippen LogP contribution >= 0.6 is 0 Å². The molecule has 0 bridgehead atoms. The molecule has 4 N–H and O–H groups in total. The Balaban J connectivity index is 1.91. The topological polar surface area (TPSA) is 75.9 Å². The van der Waals surface area contributed by atoms with Crippen LogP contribution in [-0.4, -0.2) is 15.5 Å². The summed E-state index contributed by atoms with van der Waals surface area (Å²) >= 11 is 0. The monoisotopic (exact) mass is 261 g/mol. The van der Waals surface area contributed by atoms with Crippen molar-refractivity contribution in [1.29, 1.82) is 0 Å². The van der Waals surface area contributed by atoms with Crippen LogP contribution in [-0.2, 0) is 0 Å². The van der Waals surface area contributed by atoms with E-state index in [1.165, 1.54) is 25.7 Å². The lowest BCUT2D eigenvalue weighted by Gasteiger charge is -2.28.